The molecule has 0 aromatic heterocycles. The molecule has 0 atom stereocenters. The van der Waals surface area contributed by atoms with Crippen LogP contribution in [0.2, 0.25) is 0 Å². The van der Waals surface area contributed by atoms with E-state index >= 15 is 0 Å². The Kier molecular flexibility index (Phi) is 7.30. The van der Waals surface area contributed by atoms with Gasteiger partial charge in [-0.1, -0.05) is 12.1 Å². The lowest BCUT2D eigenvalue weighted by molar-refractivity contribution is -0.116. The number of anilines is 1. The Hall–Kier alpha value is -0.960. The summed E-state index contributed by atoms with van der Waals surface area (Å²) in [6.45, 7) is 0.470. The molecular formula is C13H19BrN2O4S. The quantitative estimate of drug-likeness (QED) is 0.698. The summed E-state index contributed by atoms with van der Waals surface area (Å²) in [6.07, 6.45) is 1.62. The fourth-order valence-corrected chi connectivity index (χ4v) is 2.86. The van der Waals surface area contributed by atoms with Crippen LogP contribution in [-0.2, 0) is 19.6 Å². The number of rotatable bonds is 8. The van der Waals surface area contributed by atoms with E-state index in [0.29, 0.717) is 18.7 Å². The zero-order valence-corrected chi connectivity index (χ0v) is 14.4. The Bertz CT molecular complexity index is 577. The molecule has 0 saturated carbocycles. The van der Waals surface area contributed by atoms with Crippen LogP contribution >= 0.6 is 15.9 Å². The molecule has 1 amide bonds. The molecule has 0 aliphatic heterocycles. The van der Waals surface area contributed by atoms with Crippen molar-refractivity contribution in [2.45, 2.75) is 6.42 Å². The summed E-state index contributed by atoms with van der Waals surface area (Å²) in [7, 11) is -1.89. The van der Waals surface area contributed by atoms with E-state index in [1.54, 1.807) is 25.3 Å². The number of halogens is 1. The molecule has 0 bridgehead atoms. The second-order valence-corrected chi connectivity index (χ2v) is 7.31. The van der Waals surface area contributed by atoms with Crippen molar-refractivity contribution in [3.05, 3.63) is 28.7 Å². The van der Waals surface area contributed by atoms with Crippen LogP contribution in [0, 0.1) is 0 Å². The van der Waals surface area contributed by atoms with E-state index in [1.807, 2.05) is 6.07 Å². The number of methoxy groups -OCH3 is 1. The smallest absolute Gasteiger partial charge is 0.239 e. The lowest BCUT2D eigenvalue weighted by atomic mass is 10.3. The predicted octanol–water partition coefficient (Wildman–Crippen LogP) is 1.69. The number of nitrogens with zero attached hydrogens (tertiary/aromatic N) is 1. The van der Waals surface area contributed by atoms with Crippen LogP contribution in [0.4, 0.5) is 5.69 Å². The molecule has 0 aliphatic rings. The fourth-order valence-electron chi connectivity index (χ4n) is 1.66. The molecule has 6 nitrogen and oxygen atoms in total. The van der Waals surface area contributed by atoms with Gasteiger partial charge in [-0.15, -0.1) is 0 Å². The molecule has 0 radical (unpaired) electrons. The summed E-state index contributed by atoms with van der Waals surface area (Å²) in [5.41, 5.74) is 0.604. The topological polar surface area (TPSA) is 75.7 Å². The minimum absolute atomic E-state index is 0.218. The van der Waals surface area contributed by atoms with E-state index in [1.165, 1.54) is 0 Å². The van der Waals surface area contributed by atoms with Crippen molar-refractivity contribution in [1.29, 1.82) is 0 Å². The third-order valence-electron chi connectivity index (χ3n) is 2.69. The predicted molar refractivity (Wildman–Crippen MR) is 85.7 cm³/mol. The Labute approximate surface area is 133 Å². The minimum atomic E-state index is -3.44. The second kappa shape index (κ2) is 8.47. The summed E-state index contributed by atoms with van der Waals surface area (Å²) >= 11 is 3.32. The van der Waals surface area contributed by atoms with Gasteiger partial charge in [0.15, 0.2) is 0 Å². The molecule has 1 aromatic carbocycles. The largest absolute Gasteiger partial charge is 0.385 e. The van der Waals surface area contributed by atoms with E-state index in [0.717, 1.165) is 15.0 Å². The number of nitrogens with one attached hydrogen (secondary N) is 1. The average molecular weight is 379 g/mol. The average Bonchev–Trinajstić information content (AvgIpc) is 2.39. The molecule has 1 rings (SSSR count). The van der Waals surface area contributed by atoms with Crippen molar-refractivity contribution in [2.24, 2.45) is 0 Å². The van der Waals surface area contributed by atoms with Gasteiger partial charge in [0.1, 0.15) is 0 Å². The highest BCUT2D eigenvalue weighted by molar-refractivity contribution is 9.10. The lowest BCUT2D eigenvalue weighted by Gasteiger charge is -2.19. The summed E-state index contributed by atoms with van der Waals surface area (Å²) in [4.78, 5) is 12.0. The molecule has 0 unspecified atom stereocenters. The van der Waals surface area contributed by atoms with Gasteiger partial charge in [-0.05, 0) is 34.5 Å². The zero-order chi connectivity index (χ0) is 15.9. The minimum Gasteiger partial charge on any atom is -0.385 e. The highest BCUT2D eigenvalue weighted by Gasteiger charge is 2.20. The molecule has 0 spiro atoms. The first kappa shape index (κ1) is 18.1. The second-order valence-electron chi connectivity index (χ2n) is 4.47. The van der Waals surface area contributed by atoms with E-state index in [2.05, 4.69) is 21.2 Å². The van der Waals surface area contributed by atoms with Crippen LogP contribution in [-0.4, -0.2) is 51.7 Å². The number of sulfonamides is 1. The molecule has 21 heavy (non-hydrogen) atoms. The molecular weight excluding hydrogens is 360 g/mol. The number of hydrogen-bond donors (Lipinski definition) is 1. The number of amides is 1. The SMILES string of the molecule is COCCCN(CC(=O)Nc1ccccc1Br)S(C)(=O)=O. The van der Waals surface area contributed by atoms with Crippen molar-refractivity contribution in [3.63, 3.8) is 0 Å². The summed E-state index contributed by atoms with van der Waals surface area (Å²) < 4.78 is 30.1. The normalized spacial score (nSPS) is 11.6. The highest BCUT2D eigenvalue weighted by atomic mass is 79.9. The van der Waals surface area contributed by atoms with Gasteiger partial charge >= 0.3 is 0 Å². The molecule has 8 heteroatoms. The summed E-state index contributed by atoms with van der Waals surface area (Å²) in [5.74, 6) is -0.384. The number of benzene rings is 1. The standard InChI is InChI=1S/C13H19BrN2O4S/c1-20-9-5-8-16(21(2,18)19)10-13(17)15-12-7-4-3-6-11(12)14/h3-4,6-7H,5,8-10H2,1-2H3,(H,15,17). The van der Waals surface area contributed by atoms with Crippen molar-refractivity contribution in [3.8, 4) is 0 Å². The molecule has 0 aliphatic carbocycles. The van der Waals surface area contributed by atoms with E-state index in [4.69, 9.17) is 4.74 Å². The Morgan fingerprint density at radius 1 is 1.38 bits per heavy atom. The van der Waals surface area contributed by atoms with Gasteiger partial charge in [0, 0.05) is 24.7 Å². The van der Waals surface area contributed by atoms with Crippen LogP contribution in [0.1, 0.15) is 6.42 Å². The number of carbonyl (C=O) groups excluding carboxylic acids is 1. The van der Waals surface area contributed by atoms with Crippen molar-refractivity contribution in [2.75, 3.05) is 38.4 Å². The van der Waals surface area contributed by atoms with E-state index < -0.39 is 10.0 Å². The number of carbonyl (C=O) groups is 1. The van der Waals surface area contributed by atoms with Crippen molar-refractivity contribution >= 4 is 37.5 Å². The molecule has 0 heterocycles. The zero-order valence-electron chi connectivity index (χ0n) is 12.0. The van der Waals surface area contributed by atoms with Gasteiger partial charge in [-0.25, -0.2) is 8.42 Å². The molecule has 118 valence electrons. The summed E-state index contributed by atoms with van der Waals surface area (Å²) in [5, 5.41) is 2.68. The van der Waals surface area contributed by atoms with Crippen LogP contribution in [0.3, 0.4) is 0 Å². The monoisotopic (exact) mass is 378 g/mol. The molecule has 1 aromatic rings. The molecule has 0 saturated heterocycles. The number of hydrogen-bond acceptors (Lipinski definition) is 4. The van der Waals surface area contributed by atoms with Crippen LogP contribution in [0.15, 0.2) is 28.7 Å². The fraction of sp³-hybridized carbons (Fsp3) is 0.462. The molecule has 1 N–H and O–H groups in total. The van der Waals surface area contributed by atoms with Gasteiger partial charge in [0.25, 0.3) is 0 Å². The van der Waals surface area contributed by atoms with Gasteiger partial charge in [0.05, 0.1) is 18.5 Å². The number of ether oxygens (including phenoxy) is 1. The van der Waals surface area contributed by atoms with Gasteiger partial charge in [-0.2, -0.15) is 4.31 Å². The molecule has 0 fully saturated rings. The Balaban J connectivity index is 2.66. The van der Waals surface area contributed by atoms with Crippen LogP contribution in [0.25, 0.3) is 0 Å². The highest BCUT2D eigenvalue weighted by Crippen LogP contribution is 2.21. The van der Waals surface area contributed by atoms with E-state index in [-0.39, 0.29) is 19.0 Å². The van der Waals surface area contributed by atoms with E-state index in [9.17, 15) is 13.2 Å². The lowest BCUT2D eigenvalue weighted by Crippen LogP contribution is -2.38. The maximum absolute atomic E-state index is 12.0. The maximum atomic E-state index is 12.0. The first-order valence-electron chi connectivity index (χ1n) is 6.33. The first-order valence-corrected chi connectivity index (χ1v) is 8.97. The van der Waals surface area contributed by atoms with Crippen molar-refractivity contribution < 1.29 is 17.9 Å². The maximum Gasteiger partial charge on any atom is 0.239 e. The third-order valence-corrected chi connectivity index (χ3v) is 4.63. The first-order chi connectivity index (χ1) is 9.84. The third kappa shape index (κ3) is 6.56. The summed E-state index contributed by atoms with van der Waals surface area (Å²) in [6, 6.07) is 7.14. The van der Waals surface area contributed by atoms with Gasteiger partial charge in [-0.3, -0.25) is 4.79 Å². The van der Waals surface area contributed by atoms with Crippen molar-refractivity contribution in [1.82, 2.24) is 4.31 Å². The Morgan fingerprint density at radius 2 is 2.05 bits per heavy atom. The van der Waals surface area contributed by atoms with Crippen LogP contribution < -0.4 is 5.32 Å². The van der Waals surface area contributed by atoms with Gasteiger partial charge in [0.2, 0.25) is 15.9 Å². The Morgan fingerprint density at radius 3 is 2.62 bits per heavy atom. The van der Waals surface area contributed by atoms with Crippen LogP contribution in [0.5, 0.6) is 0 Å². The van der Waals surface area contributed by atoms with Gasteiger partial charge < -0.3 is 10.1 Å². The number of para-hydroxylation sites is 1.